The average molecular weight is 422 g/mol. The molecule has 6 nitrogen and oxygen atoms in total. The Balaban J connectivity index is 1.58. The lowest BCUT2D eigenvalue weighted by atomic mass is 9.97. The maximum Gasteiger partial charge on any atom is 0.256 e. The van der Waals surface area contributed by atoms with Gasteiger partial charge in [-0.3, -0.25) is 9.59 Å². The summed E-state index contributed by atoms with van der Waals surface area (Å²) >= 11 is 0. The monoisotopic (exact) mass is 421 g/mol. The molecule has 1 N–H and O–H groups in total. The molecule has 31 heavy (non-hydrogen) atoms. The largest absolute Gasteiger partial charge is 0.497 e. The molecule has 0 aromatic heterocycles. The van der Waals surface area contributed by atoms with E-state index in [-0.39, 0.29) is 11.8 Å². The van der Waals surface area contributed by atoms with Crippen molar-refractivity contribution >= 4 is 23.2 Å². The highest BCUT2D eigenvalue weighted by molar-refractivity contribution is 6.06. The zero-order valence-corrected chi connectivity index (χ0v) is 18.4. The number of carbonyl (C=O) groups excluding carboxylic acids is 2. The van der Waals surface area contributed by atoms with Crippen molar-refractivity contribution in [2.75, 3.05) is 43.5 Å². The van der Waals surface area contributed by atoms with Crippen LogP contribution >= 0.6 is 0 Å². The number of likely N-dealkylation sites (tertiary alicyclic amines) is 1. The molecule has 2 saturated heterocycles. The van der Waals surface area contributed by atoms with Crippen molar-refractivity contribution in [2.45, 2.75) is 32.6 Å². The molecule has 0 atom stereocenters. The molecule has 164 valence electrons. The third-order valence-electron chi connectivity index (χ3n) is 6.35. The first kappa shape index (κ1) is 21.2. The molecule has 0 spiro atoms. The molecule has 0 radical (unpaired) electrons. The van der Waals surface area contributed by atoms with Gasteiger partial charge >= 0.3 is 0 Å². The number of carbonyl (C=O) groups is 2. The number of anilines is 2. The van der Waals surface area contributed by atoms with Crippen LogP contribution in [0.4, 0.5) is 11.4 Å². The number of nitrogens with zero attached hydrogens (tertiary/aromatic N) is 2. The highest BCUT2D eigenvalue weighted by atomic mass is 16.5. The molecule has 2 aromatic rings. The maximum atomic E-state index is 13.3. The lowest BCUT2D eigenvalue weighted by molar-refractivity contribution is 0.0793. The molecular formula is C25H31N3O3. The quantitative estimate of drug-likeness (QED) is 0.776. The Bertz CT molecular complexity index is 928. The van der Waals surface area contributed by atoms with Gasteiger partial charge in [0.25, 0.3) is 11.8 Å². The number of nitrogens with one attached hydrogen (secondary N) is 1. The minimum absolute atomic E-state index is 0.0617. The molecule has 6 heteroatoms. The summed E-state index contributed by atoms with van der Waals surface area (Å²) in [7, 11) is 1.60. The maximum absolute atomic E-state index is 13.3. The Hall–Kier alpha value is -3.02. The fourth-order valence-corrected chi connectivity index (χ4v) is 4.35. The molecule has 2 aromatic carbocycles. The minimum Gasteiger partial charge on any atom is -0.497 e. The highest BCUT2D eigenvalue weighted by Crippen LogP contribution is 2.30. The number of hydrogen-bond acceptors (Lipinski definition) is 4. The molecule has 2 heterocycles. The minimum atomic E-state index is -0.207. The van der Waals surface area contributed by atoms with Gasteiger partial charge in [-0.1, -0.05) is 6.92 Å². The Morgan fingerprint density at radius 2 is 1.65 bits per heavy atom. The van der Waals surface area contributed by atoms with Gasteiger partial charge in [0.1, 0.15) is 5.75 Å². The van der Waals surface area contributed by atoms with Crippen LogP contribution in [0, 0.1) is 5.92 Å². The molecule has 2 aliphatic rings. The number of rotatable bonds is 5. The third-order valence-corrected chi connectivity index (χ3v) is 6.35. The van der Waals surface area contributed by atoms with Crippen molar-refractivity contribution in [2.24, 2.45) is 5.92 Å². The lowest BCUT2D eigenvalue weighted by Gasteiger charge is -2.34. The fourth-order valence-electron chi connectivity index (χ4n) is 4.35. The number of methoxy groups -OCH3 is 1. The van der Waals surface area contributed by atoms with Crippen molar-refractivity contribution in [1.82, 2.24) is 4.90 Å². The lowest BCUT2D eigenvalue weighted by Crippen LogP contribution is -2.35. The topological polar surface area (TPSA) is 61.9 Å². The number of ether oxygens (including phenoxy) is 1. The van der Waals surface area contributed by atoms with Gasteiger partial charge in [-0.25, -0.2) is 0 Å². The van der Waals surface area contributed by atoms with E-state index in [1.54, 1.807) is 31.4 Å². The Labute approximate surface area is 184 Å². The summed E-state index contributed by atoms with van der Waals surface area (Å²) in [6.07, 6.45) is 4.37. The van der Waals surface area contributed by atoms with Gasteiger partial charge in [-0.2, -0.15) is 0 Å². The molecule has 0 bridgehead atoms. The summed E-state index contributed by atoms with van der Waals surface area (Å²) in [5.41, 5.74) is 2.84. The molecule has 0 saturated carbocycles. The number of piperidine rings is 1. The van der Waals surface area contributed by atoms with Crippen LogP contribution in [0.5, 0.6) is 5.75 Å². The van der Waals surface area contributed by atoms with E-state index in [2.05, 4.69) is 17.1 Å². The van der Waals surface area contributed by atoms with Gasteiger partial charge in [0.15, 0.2) is 0 Å². The molecule has 0 aliphatic carbocycles. The van der Waals surface area contributed by atoms with E-state index in [0.717, 1.165) is 63.5 Å². The molecular weight excluding hydrogens is 390 g/mol. The Morgan fingerprint density at radius 1 is 0.968 bits per heavy atom. The Morgan fingerprint density at radius 3 is 2.29 bits per heavy atom. The van der Waals surface area contributed by atoms with Gasteiger partial charge < -0.3 is 19.9 Å². The number of amides is 2. The zero-order chi connectivity index (χ0) is 21.8. The van der Waals surface area contributed by atoms with E-state index >= 15 is 0 Å². The van der Waals surface area contributed by atoms with Gasteiger partial charge in [0, 0.05) is 43.1 Å². The summed E-state index contributed by atoms with van der Waals surface area (Å²) in [5, 5.41) is 2.95. The van der Waals surface area contributed by atoms with Crippen LogP contribution < -0.4 is 15.0 Å². The normalized spacial score (nSPS) is 17.0. The Kier molecular flexibility index (Phi) is 6.44. The summed E-state index contributed by atoms with van der Waals surface area (Å²) in [6, 6.07) is 12.7. The van der Waals surface area contributed by atoms with E-state index < -0.39 is 0 Å². The molecule has 0 unspecified atom stereocenters. The summed E-state index contributed by atoms with van der Waals surface area (Å²) < 4.78 is 5.16. The first-order valence-electron chi connectivity index (χ1n) is 11.2. The number of benzene rings is 2. The smallest absolute Gasteiger partial charge is 0.256 e. The zero-order valence-electron chi connectivity index (χ0n) is 18.4. The van der Waals surface area contributed by atoms with Crippen molar-refractivity contribution in [3.05, 3.63) is 53.6 Å². The van der Waals surface area contributed by atoms with Crippen molar-refractivity contribution in [1.29, 1.82) is 0 Å². The van der Waals surface area contributed by atoms with Crippen molar-refractivity contribution < 1.29 is 14.3 Å². The predicted molar refractivity (Wildman–Crippen MR) is 123 cm³/mol. The first-order valence-corrected chi connectivity index (χ1v) is 11.2. The van der Waals surface area contributed by atoms with E-state index in [4.69, 9.17) is 4.74 Å². The molecule has 2 fully saturated rings. The molecule has 2 amide bonds. The second kappa shape index (κ2) is 9.41. The van der Waals surface area contributed by atoms with Crippen molar-refractivity contribution in [3.63, 3.8) is 0 Å². The van der Waals surface area contributed by atoms with Crippen LogP contribution in [-0.4, -0.2) is 50.0 Å². The summed E-state index contributed by atoms with van der Waals surface area (Å²) in [5.74, 6) is 1.28. The first-order chi connectivity index (χ1) is 15.0. The summed E-state index contributed by atoms with van der Waals surface area (Å²) in [6.45, 7) is 5.80. The van der Waals surface area contributed by atoms with Crippen LogP contribution in [0.1, 0.15) is 53.3 Å². The van der Waals surface area contributed by atoms with E-state index in [9.17, 15) is 9.59 Å². The number of hydrogen-bond donors (Lipinski definition) is 1. The second-order valence-electron chi connectivity index (χ2n) is 8.58. The van der Waals surface area contributed by atoms with Gasteiger partial charge in [0.2, 0.25) is 0 Å². The van der Waals surface area contributed by atoms with Gasteiger partial charge in [0.05, 0.1) is 12.7 Å². The highest BCUT2D eigenvalue weighted by Gasteiger charge is 2.26. The van der Waals surface area contributed by atoms with Crippen LogP contribution in [0.2, 0.25) is 0 Å². The average Bonchev–Trinajstić information content (AvgIpc) is 3.34. The van der Waals surface area contributed by atoms with Crippen LogP contribution in [-0.2, 0) is 0 Å². The predicted octanol–water partition coefficient (Wildman–Crippen LogP) is 4.42. The molecule has 4 rings (SSSR count). The van der Waals surface area contributed by atoms with E-state index in [1.807, 2.05) is 23.1 Å². The van der Waals surface area contributed by atoms with Crippen LogP contribution in [0.25, 0.3) is 0 Å². The van der Waals surface area contributed by atoms with Gasteiger partial charge in [-0.05, 0) is 74.1 Å². The molecule has 2 aliphatic heterocycles. The second-order valence-corrected chi connectivity index (χ2v) is 8.58. The SMILES string of the molecule is COc1ccc(C(=O)Nc2ccc(N3CCC(C)CC3)c(C(=O)N3CCCC3)c2)cc1. The van der Waals surface area contributed by atoms with Crippen molar-refractivity contribution in [3.8, 4) is 5.75 Å². The van der Waals surface area contributed by atoms with Gasteiger partial charge in [-0.15, -0.1) is 0 Å². The third kappa shape index (κ3) is 4.84. The van der Waals surface area contributed by atoms with Crippen LogP contribution in [0.3, 0.4) is 0 Å². The van der Waals surface area contributed by atoms with E-state index in [0.29, 0.717) is 22.6 Å². The summed E-state index contributed by atoms with van der Waals surface area (Å²) in [4.78, 5) is 30.3. The fraction of sp³-hybridized carbons (Fsp3) is 0.440. The standard InChI is InChI=1S/C25H31N3O3/c1-18-11-15-27(16-12-18)23-10-7-20(17-22(23)25(30)28-13-3-4-14-28)26-24(29)19-5-8-21(31-2)9-6-19/h5-10,17-18H,3-4,11-16H2,1-2H3,(H,26,29). The van der Waals surface area contributed by atoms with Crippen LogP contribution in [0.15, 0.2) is 42.5 Å². The van der Waals surface area contributed by atoms with E-state index in [1.165, 1.54) is 0 Å².